The van der Waals surface area contributed by atoms with Gasteiger partial charge in [-0.2, -0.15) is 5.26 Å². The zero-order valence-electron chi connectivity index (χ0n) is 24.9. The summed E-state index contributed by atoms with van der Waals surface area (Å²) in [6, 6.07) is 24.9. The van der Waals surface area contributed by atoms with Gasteiger partial charge >= 0.3 is 5.97 Å². The Kier molecular flexibility index (Phi) is 19.2. The van der Waals surface area contributed by atoms with Gasteiger partial charge in [0.05, 0.1) is 25.3 Å². The number of carbonyl (C=O) groups is 2. The summed E-state index contributed by atoms with van der Waals surface area (Å²) in [7, 11) is 1.65. The molecule has 1 aliphatic carbocycles. The minimum absolute atomic E-state index is 0.314. The van der Waals surface area contributed by atoms with Crippen molar-refractivity contribution in [1.29, 1.82) is 5.26 Å². The van der Waals surface area contributed by atoms with Crippen molar-refractivity contribution >= 4 is 12.3 Å². The van der Waals surface area contributed by atoms with Gasteiger partial charge in [0, 0.05) is 11.6 Å². The molecule has 5 heteroatoms. The van der Waals surface area contributed by atoms with Crippen LogP contribution in [0.2, 0.25) is 0 Å². The van der Waals surface area contributed by atoms with Crippen LogP contribution in [0.5, 0.6) is 5.75 Å². The molecule has 0 radical (unpaired) electrons. The van der Waals surface area contributed by atoms with Crippen molar-refractivity contribution in [3.05, 3.63) is 102 Å². The maximum Gasteiger partial charge on any atom is 0.330 e. The predicted octanol–water partition coefficient (Wildman–Crippen LogP) is 9.29. The number of aryl methyl sites for hydroxylation is 1. The molecule has 0 atom stereocenters. The molecule has 0 aliphatic heterocycles. The van der Waals surface area contributed by atoms with Crippen LogP contribution in [0.15, 0.2) is 85.5 Å². The van der Waals surface area contributed by atoms with Crippen molar-refractivity contribution < 1.29 is 19.1 Å². The highest BCUT2D eigenvalue weighted by Gasteiger charge is 1.98. The Morgan fingerprint density at radius 1 is 0.854 bits per heavy atom. The first-order valence-electron chi connectivity index (χ1n) is 14.4. The smallest absolute Gasteiger partial charge is 0.330 e. The van der Waals surface area contributed by atoms with Crippen LogP contribution < -0.4 is 4.74 Å². The molecule has 41 heavy (non-hydrogen) atoms. The summed E-state index contributed by atoms with van der Waals surface area (Å²) in [6.45, 7) is 8.02. The van der Waals surface area contributed by atoms with Crippen molar-refractivity contribution in [3.63, 3.8) is 0 Å². The zero-order chi connectivity index (χ0) is 30.1. The molecule has 0 amide bonds. The first-order chi connectivity index (χ1) is 20.0. The van der Waals surface area contributed by atoms with E-state index in [1.165, 1.54) is 56.6 Å². The maximum atomic E-state index is 10.6. The lowest BCUT2D eigenvalue weighted by atomic mass is 10.0. The average molecular weight is 556 g/mol. The number of aldehydes is 1. The van der Waals surface area contributed by atoms with E-state index in [1.54, 1.807) is 7.11 Å². The number of rotatable bonds is 10. The summed E-state index contributed by atoms with van der Waals surface area (Å²) >= 11 is 0. The summed E-state index contributed by atoms with van der Waals surface area (Å²) in [5.41, 5.74) is 4.81. The van der Waals surface area contributed by atoms with Gasteiger partial charge in [0.2, 0.25) is 0 Å². The Bertz CT molecular complexity index is 1150. The van der Waals surface area contributed by atoms with E-state index < -0.39 is 0 Å². The second kappa shape index (κ2) is 22.6. The molecule has 0 spiro atoms. The average Bonchev–Trinajstić information content (AvgIpc) is 2.99. The number of esters is 1. The van der Waals surface area contributed by atoms with Gasteiger partial charge < -0.3 is 9.47 Å². The summed E-state index contributed by atoms with van der Waals surface area (Å²) in [5, 5.41) is 8.70. The number of hydrogen-bond acceptors (Lipinski definition) is 5. The van der Waals surface area contributed by atoms with Crippen molar-refractivity contribution in [2.24, 2.45) is 0 Å². The highest BCUT2D eigenvalue weighted by Crippen LogP contribution is 2.22. The lowest BCUT2D eigenvalue weighted by molar-refractivity contribution is -0.137. The molecule has 0 saturated heterocycles. The Hall–Kier alpha value is -4.17. The number of methoxy groups -OCH3 is 1. The lowest BCUT2D eigenvalue weighted by Crippen LogP contribution is -2.01. The third-order valence-corrected chi connectivity index (χ3v) is 6.31. The van der Waals surface area contributed by atoms with Gasteiger partial charge in [-0.1, -0.05) is 119 Å². The first kappa shape index (κ1) is 34.9. The SMILES string of the molecule is C1CCC1.C=CC(=O)OCCCCCCC.COc1ccc(-c2ccc(C#N)cc2)cc1.Cc1ccc(C=O)cc1. The van der Waals surface area contributed by atoms with E-state index in [9.17, 15) is 9.59 Å². The number of carbonyl (C=O) groups excluding carboxylic acids is 2. The van der Waals surface area contributed by atoms with E-state index in [2.05, 4.69) is 19.6 Å². The van der Waals surface area contributed by atoms with Crippen LogP contribution in [-0.2, 0) is 9.53 Å². The van der Waals surface area contributed by atoms with Crippen LogP contribution >= 0.6 is 0 Å². The molecule has 3 aromatic carbocycles. The number of ether oxygens (including phenoxy) is 2. The molecule has 1 fully saturated rings. The van der Waals surface area contributed by atoms with Crippen molar-refractivity contribution in [3.8, 4) is 22.9 Å². The molecule has 3 aromatic rings. The van der Waals surface area contributed by atoms with Gasteiger partial charge in [-0.3, -0.25) is 4.79 Å². The van der Waals surface area contributed by atoms with E-state index in [4.69, 9.17) is 14.7 Å². The first-order valence-corrected chi connectivity index (χ1v) is 14.4. The van der Waals surface area contributed by atoms with Crippen molar-refractivity contribution in [1.82, 2.24) is 0 Å². The summed E-state index contributed by atoms with van der Waals surface area (Å²) in [6.07, 6.45) is 13.9. The molecular formula is C36H45NO4. The van der Waals surface area contributed by atoms with Crippen molar-refractivity contribution in [2.75, 3.05) is 13.7 Å². The number of unbranched alkanes of at least 4 members (excludes halogenated alkanes) is 4. The molecular weight excluding hydrogens is 510 g/mol. The van der Waals surface area contributed by atoms with Crippen LogP contribution in [0.3, 0.4) is 0 Å². The van der Waals surface area contributed by atoms with Crippen LogP contribution in [0, 0.1) is 18.3 Å². The Labute approximate surface area is 246 Å². The predicted molar refractivity (Wildman–Crippen MR) is 168 cm³/mol. The molecule has 4 rings (SSSR count). The monoisotopic (exact) mass is 555 g/mol. The molecule has 0 bridgehead atoms. The van der Waals surface area contributed by atoms with E-state index in [-0.39, 0.29) is 5.97 Å². The number of nitriles is 1. The number of nitrogens with zero attached hydrogens (tertiary/aromatic N) is 1. The van der Waals surface area contributed by atoms with E-state index in [0.29, 0.717) is 12.2 Å². The van der Waals surface area contributed by atoms with Gasteiger partial charge in [0.1, 0.15) is 12.0 Å². The van der Waals surface area contributed by atoms with Crippen molar-refractivity contribution in [2.45, 2.75) is 71.6 Å². The van der Waals surface area contributed by atoms with Crippen LogP contribution in [0.1, 0.15) is 86.2 Å². The van der Waals surface area contributed by atoms with E-state index in [0.717, 1.165) is 41.6 Å². The number of hydrogen-bond donors (Lipinski definition) is 0. The lowest BCUT2D eigenvalue weighted by Gasteiger charge is -2.05. The largest absolute Gasteiger partial charge is 0.497 e. The Morgan fingerprint density at radius 2 is 1.39 bits per heavy atom. The van der Waals surface area contributed by atoms with Crippen LogP contribution in [-0.4, -0.2) is 26.0 Å². The van der Waals surface area contributed by atoms with Crippen LogP contribution in [0.4, 0.5) is 0 Å². The fourth-order valence-corrected chi connectivity index (χ4v) is 3.35. The normalized spacial score (nSPS) is 10.8. The summed E-state index contributed by atoms with van der Waals surface area (Å²) in [5.74, 6) is 0.530. The summed E-state index contributed by atoms with van der Waals surface area (Å²) in [4.78, 5) is 20.7. The highest BCUT2D eigenvalue weighted by atomic mass is 16.5. The minimum atomic E-state index is -0.314. The molecule has 218 valence electrons. The quantitative estimate of drug-likeness (QED) is 0.108. The maximum absolute atomic E-state index is 10.6. The second-order valence-electron chi connectivity index (χ2n) is 9.65. The van der Waals surface area contributed by atoms with Crippen LogP contribution in [0.25, 0.3) is 11.1 Å². The Balaban J connectivity index is 0.000000297. The number of benzene rings is 3. The fourth-order valence-electron chi connectivity index (χ4n) is 3.35. The van der Waals surface area contributed by atoms with Gasteiger partial charge in [-0.15, -0.1) is 0 Å². The molecule has 1 saturated carbocycles. The molecule has 1 aliphatic rings. The third-order valence-electron chi connectivity index (χ3n) is 6.31. The molecule has 5 nitrogen and oxygen atoms in total. The van der Waals surface area contributed by atoms with E-state index in [1.807, 2.05) is 79.7 Å². The van der Waals surface area contributed by atoms with Gasteiger partial charge in [0.25, 0.3) is 0 Å². The molecule has 0 unspecified atom stereocenters. The van der Waals surface area contributed by atoms with Gasteiger partial charge in [-0.05, 0) is 48.7 Å². The topological polar surface area (TPSA) is 76.4 Å². The molecule has 0 aromatic heterocycles. The molecule has 0 N–H and O–H groups in total. The van der Waals surface area contributed by atoms with Gasteiger partial charge in [0.15, 0.2) is 0 Å². The summed E-state index contributed by atoms with van der Waals surface area (Å²) < 4.78 is 9.91. The fraction of sp³-hybridized carbons (Fsp3) is 0.361. The standard InChI is InChI=1S/C14H11NO.C10H18O2.C8H8O.C4H8/c1-16-14-8-6-13(7-9-14)12-4-2-11(10-15)3-5-12;1-3-5-6-7-8-9-12-10(11)4-2;1-7-2-4-8(6-9)5-3-7;1-2-4-3-1/h2-9H,1H3;4H,2-3,5-9H2,1H3;2-6H,1H3;1-4H2. The highest BCUT2D eigenvalue weighted by molar-refractivity contribution is 5.81. The van der Waals surface area contributed by atoms with Gasteiger partial charge in [-0.25, -0.2) is 4.79 Å². The Morgan fingerprint density at radius 3 is 1.83 bits per heavy atom. The molecule has 0 heterocycles. The second-order valence-corrected chi connectivity index (χ2v) is 9.65. The minimum Gasteiger partial charge on any atom is -0.497 e. The third kappa shape index (κ3) is 16.5. The zero-order valence-corrected chi connectivity index (χ0v) is 24.9. The van der Waals surface area contributed by atoms with E-state index >= 15 is 0 Å².